The quantitative estimate of drug-likeness (QED) is 0.0708. The number of rotatable bonds is 19. The third kappa shape index (κ3) is 9.05. The average Bonchev–Trinajstić information content (AvgIpc) is 1.48. The van der Waals surface area contributed by atoms with Gasteiger partial charge in [0.15, 0.2) is 0 Å². The van der Waals surface area contributed by atoms with Crippen LogP contribution in [0.2, 0.25) is 0 Å². The summed E-state index contributed by atoms with van der Waals surface area (Å²) in [6.07, 6.45) is 15.7. The predicted molar refractivity (Wildman–Crippen MR) is 406 cm³/mol. The van der Waals surface area contributed by atoms with E-state index in [9.17, 15) is 0 Å². The Hall–Kier alpha value is -9.10. The van der Waals surface area contributed by atoms with Gasteiger partial charge in [0.2, 0.25) is 0 Å². The van der Waals surface area contributed by atoms with Crippen molar-refractivity contribution in [3.63, 3.8) is 0 Å². The Morgan fingerprint density at radius 2 is 0.436 bits per heavy atom. The largest absolute Gasteiger partial charge is 0.0653 e. The number of hydrogen-bond acceptors (Lipinski definition) is 0. The van der Waals surface area contributed by atoms with Crippen LogP contribution >= 0.6 is 0 Å². The molecule has 3 aliphatic carbocycles. The zero-order valence-corrected chi connectivity index (χ0v) is 56.4. The molecule has 0 spiro atoms. The lowest BCUT2D eigenvalue weighted by molar-refractivity contribution is 0.435. The van der Waals surface area contributed by atoms with Crippen LogP contribution in [0.1, 0.15) is 171 Å². The van der Waals surface area contributed by atoms with Crippen molar-refractivity contribution < 1.29 is 0 Å². The van der Waals surface area contributed by atoms with E-state index in [1.54, 1.807) is 0 Å². The standard InChI is InChI=1S/C94H88/c1-8-25-61-36-38-62(39-37-61)88-74-27-15-17-29-76(74)89(77-30-18-16-28-75(77)88)66-43-48-72-70-45-40-63(56-83(70)93(52-11-4,53-12-5)86(72)59-66)64-41-46-71-73-49-44-67(60-87(73)94(54-13-6,55-14-7)84(71)57-64)91-80-33-21-19-31-78(80)90(79-32-20-22-34-81(79)91)65-42-47-69-68-26-23-24-35-82(68)92(50-9-2,51-10-3)85(69)58-65/h15-24,26-49,56-60H,8-14,25,50-55H2,1-7H3. The van der Waals surface area contributed by atoms with Crippen LogP contribution in [0.25, 0.3) is 132 Å². The van der Waals surface area contributed by atoms with Gasteiger partial charge in [-0.25, -0.2) is 0 Å². The smallest absolute Gasteiger partial charge is 0.0215 e. The molecule has 0 heterocycles. The van der Waals surface area contributed by atoms with Crippen LogP contribution in [0.3, 0.4) is 0 Å². The van der Waals surface area contributed by atoms with E-state index in [1.807, 2.05) is 0 Å². The Bertz CT molecular complexity index is 4990. The van der Waals surface area contributed by atoms with Gasteiger partial charge in [0.25, 0.3) is 0 Å². The summed E-state index contributed by atoms with van der Waals surface area (Å²) in [5, 5.41) is 10.5. The van der Waals surface area contributed by atoms with E-state index in [1.165, 1.54) is 171 Å². The van der Waals surface area contributed by atoms with Crippen LogP contribution in [-0.4, -0.2) is 0 Å². The van der Waals surface area contributed by atoms with Crippen molar-refractivity contribution in [2.24, 2.45) is 0 Å². The molecule has 0 heteroatoms. The van der Waals surface area contributed by atoms with Crippen molar-refractivity contribution in [2.75, 3.05) is 0 Å². The van der Waals surface area contributed by atoms with Gasteiger partial charge in [0.1, 0.15) is 0 Å². The zero-order valence-electron chi connectivity index (χ0n) is 56.4. The molecule has 0 N–H and O–H groups in total. The maximum absolute atomic E-state index is 2.65. The predicted octanol–water partition coefficient (Wildman–Crippen LogP) is 27.2. The monoisotopic (exact) mass is 1220 g/mol. The van der Waals surface area contributed by atoms with Crippen LogP contribution in [0.4, 0.5) is 0 Å². The minimum Gasteiger partial charge on any atom is -0.0653 e. The molecule has 94 heavy (non-hydrogen) atoms. The van der Waals surface area contributed by atoms with Gasteiger partial charge in [0, 0.05) is 16.2 Å². The molecule has 0 saturated heterocycles. The minimum atomic E-state index is -0.124. The summed E-state index contributed by atoms with van der Waals surface area (Å²) in [6.45, 7) is 16.6. The van der Waals surface area contributed by atoms with Crippen molar-refractivity contribution in [1.29, 1.82) is 0 Å². The number of aryl methyl sites for hydroxylation is 1. The summed E-state index contributed by atoms with van der Waals surface area (Å²) >= 11 is 0. The van der Waals surface area contributed by atoms with Crippen LogP contribution < -0.4 is 0 Å². The van der Waals surface area contributed by atoms with E-state index in [0.29, 0.717) is 0 Å². The molecule has 0 unspecified atom stereocenters. The molecule has 0 nitrogen and oxygen atoms in total. The fourth-order valence-electron chi connectivity index (χ4n) is 19.5. The number of benzene rings is 13. The summed E-state index contributed by atoms with van der Waals surface area (Å²) < 4.78 is 0. The Morgan fingerprint density at radius 1 is 0.202 bits per heavy atom. The molecule has 13 aromatic rings. The Labute approximate surface area is 558 Å². The lowest BCUT2D eigenvalue weighted by Gasteiger charge is -2.33. The van der Waals surface area contributed by atoms with Gasteiger partial charge < -0.3 is 0 Å². The molecule has 3 aliphatic rings. The van der Waals surface area contributed by atoms with Gasteiger partial charge in [-0.15, -0.1) is 0 Å². The number of hydrogen-bond donors (Lipinski definition) is 0. The molecule has 0 radical (unpaired) electrons. The normalized spacial score (nSPS) is 14.3. The van der Waals surface area contributed by atoms with Gasteiger partial charge in [-0.2, -0.15) is 0 Å². The zero-order chi connectivity index (χ0) is 63.9. The van der Waals surface area contributed by atoms with E-state index < -0.39 is 0 Å². The molecular formula is C94H88. The molecule has 0 bridgehead atoms. The molecule has 0 fully saturated rings. The van der Waals surface area contributed by atoms with Crippen molar-refractivity contribution in [3.05, 3.63) is 276 Å². The summed E-state index contributed by atoms with van der Waals surface area (Å²) in [4.78, 5) is 0. The molecule has 0 amide bonds. The fraction of sp³-hybridized carbons (Fsp3) is 0.255. The second-order valence-electron chi connectivity index (χ2n) is 28.2. The second kappa shape index (κ2) is 24.0. The maximum atomic E-state index is 2.65. The second-order valence-corrected chi connectivity index (χ2v) is 28.2. The van der Waals surface area contributed by atoms with Gasteiger partial charge in [0.05, 0.1) is 0 Å². The minimum absolute atomic E-state index is 0.0155. The van der Waals surface area contributed by atoms with Crippen molar-refractivity contribution in [2.45, 2.75) is 155 Å². The van der Waals surface area contributed by atoms with Crippen molar-refractivity contribution in [1.82, 2.24) is 0 Å². The van der Waals surface area contributed by atoms with E-state index in [0.717, 1.165) is 89.9 Å². The SMILES string of the molecule is CCCc1ccc(-c2c3ccccc3c(-c3ccc4c(c3)C(CCC)(CCC)c3cc(-c5ccc6c(c5)C(CCC)(CCC)c5cc(-c7c8ccccc8c(-c8ccc9c(c8)C(CCC)(CCC)c8ccccc8-9)c8ccccc78)ccc5-6)ccc3-4)c3ccccc23)cc1. The van der Waals surface area contributed by atoms with Crippen LogP contribution in [0.15, 0.2) is 237 Å². The topological polar surface area (TPSA) is 0 Å². The molecule has 0 aromatic heterocycles. The highest BCUT2D eigenvalue weighted by Gasteiger charge is 2.46. The molecule has 0 aliphatic heterocycles. The van der Waals surface area contributed by atoms with Crippen molar-refractivity contribution >= 4 is 43.1 Å². The van der Waals surface area contributed by atoms with Gasteiger partial charge in [-0.05, 0) is 246 Å². The van der Waals surface area contributed by atoms with Gasteiger partial charge in [-0.1, -0.05) is 300 Å². The van der Waals surface area contributed by atoms with Crippen LogP contribution in [0, 0.1) is 0 Å². The first kappa shape index (κ1) is 59.9. The van der Waals surface area contributed by atoms with E-state index in [2.05, 4.69) is 285 Å². The fourth-order valence-corrected chi connectivity index (χ4v) is 19.5. The first-order valence-corrected chi connectivity index (χ1v) is 36.1. The summed E-state index contributed by atoms with van der Waals surface area (Å²) in [5.41, 5.74) is 31.9. The molecule has 0 saturated carbocycles. The molecule has 464 valence electrons. The Balaban J connectivity index is 0.800. The lowest BCUT2D eigenvalue weighted by atomic mass is 9.70. The van der Waals surface area contributed by atoms with Crippen LogP contribution in [0.5, 0.6) is 0 Å². The van der Waals surface area contributed by atoms with Gasteiger partial charge in [-0.3, -0.25) is 0 Å². The van der Waals surface area contributed by atoms with Crippen LogP contribution in [-0.2, 0) is 22.7 Å². The molecule has 0 atom stereocenters. The first-order chi connectivity index (χ1) is 46.3. The highest BCUT2D eigenvalue weighted by Crippen LogP contribution is 2.60. The number of fused-ring (bicyclic) bond motifs is 13. The first-order valence-electron chi connectivity index (χ1n) is 36.1. The highest BCUT2D eigenvalue weighted by molar-refractivity contribution is 6.23. The molecular weight excluding hydrogens is 1130 g/mol. The third-order valence-electron chi connectivity index (χ3n) is 22.9. The van der Waals surface area contributed by atoms with E-state index in [4.69, 9.17) is 0 Å². The van der Waals surface area contributed by atoms with E-state index >= 15 is 0 Å². The third-order valence-corrected chi connectivity index (χ3v) is 22.9. The van der Waals surface area contributed by atoms with Crippen molar-refractivity contribution in [3.8, 4) is 89.0 Å². The molecule has 13 aromatic carbocycles. The summed E-state index contributed by atoms with van der Waals surface area (Å²) in [6, 6.07) is 93.6. The Morgan fingerprint density at radius 3 is 0.734 bits per heavy atom. The Kier molecular flexibility index (Phi) is 15.3. The summed E-state index contributed by atoms with van der Waals surface area (Å²) in [5.74, 6) is 0. The summed E-state index contributed by atoms with van der Waals surface area (Å²) in [7, 11) is 0. The molecule has 16 rings (SSSR count). The maximum Gasteiger partial charge on any atom is 0.0215 e. The van der Waals surface area contributed by atoms with E-state index in [-0.39, 0.29) is 16.2 Å². The average molecular weight is 1220 g/mol. The highest BCUT2D eigenvalue weighted by atomic mass is 14.5. The van der Waals surface area contributed by atoms with Gasteiger partial charge >= 0.3 is 0 Å². The lowest BCUT2D eigenvalue weighted by Crippen LogP contribution is -2.25.